The molecule has 9 heteroatoms. The number of aliphatic carboxylic acids is 1. The summed E-state index contributed by atoms with van der Waals surface area (Å²) >= 11 is 6.60. The molecule has 210 valence electrons. The van der Waals surface area contributed by atoms with E-state index in [9.17, 15) is 20.3 Å². The third-order valence-corrected chi connectivity index (χ3v) is 7.01. The molecule has 0 radical (unpaired) electrons. The first-order valence-electron chi connectivity index (χ1n) is 12.9. The molecule has 0 unspecified atom stereocenters. The molecule has 0 aliphatic heterocycles. The van der Waals surface area contributed by atoms with Crippen molar-refractivity contribution in [2.75, 3.05) is 6.61 Å². The molecule has 0 aliphatic rings. The summed E-state index contributed by atoms with van der Waals surface area (Å²) in [7, 11) is 0. The van der Waals surface area contributed by atoms with Crippen molar-refractivity contribution in [3.63, 3.8) is 0 Å². The number of aryl methyl sites for hydroxylation is 1. The lowest BCUT2D eigenvalue weighted by Gasteiger charge is -2.18. The van der Waals surface area contributed by atoms with Crippen LogP contribution in [0.2, 0.25) is 5.02 Å². The van der Waals surface area contributed by atoms with Crippen molar-refractivity contribution in [2.24, 2.45) is 0 Å². The monoisotopic (exact) mass is 571 g/mol. The van der Waals surface area contributed by atoms with Gasteiger partial charge in [0, 0.05) is 36.1 Å². The van der Waals surface area contributed by atoms with Crippen LogP contribution in [0, 0.1) is 25.2 Å². The van der Waals surface area contributed by atoms with Gasteiger partial charge in [-0.2, -0.15) is 5.26 Å². The number of hydrogen-bond donors (Lipinski definition) is 3. The quantitative estimate of drug-likeness (QED) is 0.201. The van der Waals surface area contributed by atoms with Gasteiger partial charge in [0.2, 0.25) is 0 Å². The maximum atomic E-state index is 11.4. The van der Waals surface area contributed by atoms with E-state index in [4.69, 9.17) is 21.1 Å². The average molecular weight is 572 g/mol. The minimum absolute atomic E-state index is 0.0704. The molecular weight excluding hydrogens is 542 g/mol. The molecule has 0 bridgehead atoms. The van der Waals surface area contributed by atoms with Crippen LogP contribution < -0.4 is 14.8 Å². The molecule has 41 heavy (non-hydrogen) atoms. The Morgan fingerprint density at radius 2 is 1.76 bits per heavy atom. The second kappa shape index (κ2) is 13.8. The molecule has 1 heterocycles. The van der Waals surface area contributed by atoms with Crippen molar-refractivity contribution in [3.05, 3.63) is 111 Å². The van der Waals surface area contributed by atoms with E-state index in [1.807, 2.05) is 24.3 Å². The molecule has 8 nitrogen and oxygen atoms in total. The predicted octanol–water partition coefficient (Wildman–Crippen LogP) is 5.58. The third kappa shape index (κ3) is 7.41. The van der Waals surface area contributed by atoms with Crippen LogP contribution in [0.15, 0.2) is 73.1 Å². The Kier molecular flexibility index (Phi) is 9.93. The van der Waals surface area contributed by atoms with E-state index in [-0.39, 0.29) is 19.8 Å². The molecule has 3 aromatic carbocycles. The summed E-state index contributed by atoms with van der Waals surface area (Å²) in [6.07, 6.45) is 3.06. The van der Waals surface area contributed by atoms with Gasteiger partial charge in [-0.1, -0.05) is 54.1 Å². The summed E-state index contributed by atoms with van der Waals surface area (Å²) in [5.74, 6) is -0.373. The number of hydrogen-bond acceptors (Lipinski definition) is 7. The van der Waals surface area contributed by atoms with Crippen molar-refractivity contribution in [3.8, 4) is 28.7 Å². The molecular formula is C32H30ClN3O5. The van der Waals surface area contributed by atoms with Crippen molar-refractivity contribution in [1.29, 1.82) is 5.26 Å². The summed E-state index contributed by atoms with van der Waals surface area (Å²) in [5.41, 5.74) is 7.24. The number of aliphatic hydroxyl groups is 1. The molecule has 1 aromatic heterocycles. The summed E-state index contributed by atoms with van der Waals surface area (Å²) in [6, 6.07) is 20.2. The number of nitrogens with zero attached hydrogens (tertiary/aromatic N) is 2. The highest BCUT2D eigenvalue weighted by Crippen LogP contribution is 2.35. The molecule has 0 aliphatic carbocycles. The number of rotatable bonds is 12. The lowest BCUT2D eigenvalue weighted by molar-refractivity contribution is -0.140. The fraction of sp³-hybridized carbons (Fsp3) is 0.219. The first-order valence-corrected chi connectivity index (χ1v) is 13.3. The minimum atomic E-state index is -1.18. The molecule has 0 spiro atoms. The highest BCUT2D eigenvalue weighted by atomic mass is 35.5. The third-order valence-electron chi connectivity index (χ3n) is 6.72. The van der Waals surface area contributed by atoms with Crippen LogP contribution in [-0.4, -0.2) is 33.8 Å². The van der Waals surface area contributed by atoms with E-state index >= 15 is 0 Å². The Hall–Kier alpha value is -4.42. The molecule has 0 fully saturated rings. The van der Waals surface area contributed by atoms with E-state index in [2.05, 4.69) is 48.4 Å². The van der Waals surface area contributed by atoms with Crippen molar-refractivity contribution in [2.45, 2.75) is 39.6 Å². The number of halogens is 1. The van der Waals surface area contributed by atoms with Crippen LogP contribution in [0.1, 0.15) is 33.4 Å². The van der Waals surface area contributed by atoms with E-state index in [0.717, 1.165) is 22.3 Å². The van der Waals surface area contributed by atoms with Gasteiger partial charge in [-0.25, -0.2) is 0 Å². The molecule has 4 aromatic rings. The number of carboxylic acids is 1. The largest absolute Gasteiger partial charge is 0.488 e. The summed E-state index contributed by atoms with van der Waals surface area (Å²) in [5, 5.41) is 31.0. The number of aromatic nitrogens is 1. The number of carboxylic acid groups (broad SMARTS) is 1. The Labute approximate surface area is 243 Å². The zero-order valence-electron chi connectivity index (χ0n) is 22.7. The number of pyridine rings is 1. The van der Waals surface area contributed by atoms with Crippen molar-refractivity contribution < 1.29 is 24.5 Å². The normalized spacial score (nSPS) is 11.5. The smallest absolute Gasteiger partial charge is 0.323 e. The lowest BCUT2D eigenvalue weighted by atomic mass is 9.94. The Morgan fingerprint density at radius 3 is 2.49 bits per heavy atom. The van der Waals surface area contributed by atoms with Gasteiger partial charge >= 0.3 is 5.97 Å². The first kappa shape index (κ1) is 29.6. The number of aliphatic hydroxyl groups excluding tert-OH is 1. The van der Waals surface area contributed by atoms with E-state index < -0.39 is 18.6 Å². The summed E-state index contributed by atoms with van der Waals surface area (Å²) in [6.45, 7) is 4.02. The Balaban J connectivity index is 1.59. The number of ether oxygens (including phenoxy) is 2. The lowest BCUT2D eigenvalue weighted by Crippen LogP contribution is -2.39. The predicted molar refractivity (Wildman–Crippen MR) is 156 cm³/mol. The molecule has 4 rings (SSSR count). The summed E-state index contributed by atoms with van der Waals surface area (Å²) < 4.78 is 12.2. The number of benzene rings is 3. The van der Waals surface area contributed by atoms with Crippen LogP contribution in [0.5, 0.6) is 11.5 Å². The van der Waals surface area contributed by atoms with Crippen LogP contribution in [0.25, 0.3) is 11.1 Å². The van der Waals surface area contributed by atoms with Gasteiger partial charge in [0.25, 0.3) is 0 Å². The van der Waals surface area contributed by atoms with Gasteiger partial charge in [-0.15, -0.1) is 0 Å². The minimum Gasteiger partial charge on any atom is -0.488 e. The van der Waals surface area contributed by atoms with Gasteiger partial charge in [-0.05, 0) is 53.8 Å². The van der Waals surface area contributed by atoms with Gasteiger partial charge < -0.3 is 19.7 Å². The van der Waals surface area contributed by atoms with E-state index in [1.165, 1.54) is 11.8 Å². The van der Waals surface area contributed by atoms with Gasteiger partial charge in [0.05, 0.1) is 17.2 Å². The molecule has 0 saturated carbocycles. The fourth-order valence-electron chi connectivity index (χ4n) is 4.37. The second-order valence-corrected chi connectivity index (χ2v) is 9.93. The second-order valence-electron chi connectivity index (χ2n) is 9.52. The van der Waals surface area contributed by atoms with E-state index in [0.29, 0.717) is 33.2 Å². The van der Waals surface area contributed by atoms with Gasteiger partial charge in [0.1, 0.15) is 36.8 Å². The van der Waals surface area contributed by atoms with E-state index in [1.54, 1.807) is 24.4 Å². The Bertz CT molecular complexity index is 1580. The van der Waals surface area contributed by atoms with Gasteiger partial charge in [-0.3, -0.25) is 15.1 Å². The standard InChI is InChI=1S/C32H30ClN3O5/c1-20-6-3-4-8-26(20)27-9-5-7-24(21(27)2)19-41-31-12-30(40-18-23-10-22(13-34)14-35-15-23)25(11-28(31)33)16-36-29(17-37)32(38)39/h3-12,14-15,29,36-37H,16-19H2,1-2H3,(H,38,39)/t29-/m0/s1. The van der Waals surface area contributed by atoms with Crippen LogP contribution in [0.3, 0.4) is 0 Å². The number of nitriles is 1. The van der Waals surface area contributed by atoms with Crippen LogP contribution in [0.4, 0.5) is 0 Å². The maximum absolute atomic E-state index is 11.4. The van der Waals surface area contributed by atoms with Crippen molar-refractivity contribution in [1.82, 2.24) is 10.3 Å². The maximum Gasteiger partial charge on any atom is 0.323 e. The summed E-state index contributed by atoms with van der Waals surface area (Å²) in [4.78, 5) is 15.4. The molecule has 3 N–H and O–H groups in total. The molecule has 0 saturated heterocycles. The van der Waals surface area contributed by atoms with Gasteiger partial charge in [0.15, 0.2) is 0 Å². The van der Waals surface area contributed by atoms with Crippen molar-refractivity contribution >= 4 is 17.6 Å². The zero-order chi connectivity index (χ0) is 29.4. The zero-order valence-corrected chi connectivity index (χ0v) is 23.5. The highest BCUT2D eigenvalue weighted by molar-refractivity contribution is 6.32. The number of carbonyl (C=O) groups is 1. The molecule has 1 atom stereocenters. The fourth-order valence-corrected chi connectivity index (χ4v) is 4.61. The first-order chi connectivity index (χ1) is 19.8. The molecule has 0 amide bonds. The Morgan fingerprint density at radius 1 is 1.00 bits per heavy atom. The average Bonchev–Trinajstić information content (AvgIpc) is 2.97. The number of nitrogens with one attached hydrogen (secondary N) is 1. The SMILES string of the molecule is Cc1ccccc1-c1cccc(COc2cc(OCc3cncc(C#N)c3)c(CN[C@@H](CO)C(=O)O)cc2Cl)c1C. The highest BCUT2D eigenvalue weighted by Gasteiger charge is 2.18. The van der Waals surface area contributed by atoms with Crippen LogP contribution in [-0.2, 0) is 24.6 Å². The topological polar surface area (TPSA) is 125 Å². The van der Waals surface area contributed by atoms with Crippen LogP contribution >= 0.6 is 11.6 Å².